The molecule has 4 nitrogen and oxygen atoms in total. The van der Waals surface area contributed by atoms with Crippen molar-refractivity contribution in [3.05, 3.63) is 18.0 Å². The Kier molecular flexibility index (Phi) is 4.02. The summed E-state index contributed by atoms with van der Waals surface area (Å²) in [5, 5.41) is 4.48. The summed E-state index contributed by atoms with van der Waals surface area (Å²) in [6.45, 7) is 12.2. The van der Waals surface area contributed by atoms with E-state index in [1.165, 1.54) is 12.0 Å². The standard InChI is InChI=1S/C15H28N4/c1-11(2)19-10-12(9-17-19)14-13(16)7-6-8-18(14)15(3,4)5/h9-11,13-14H,6-8,16H2,1-5H3. The predicted molar refractivity (Wildman–Crippen MR) is 79.0 cm³/mol. The summed E-state index contributed by atoms with van der Waals surface area (Å²) in [4.78, 5) is 2.53. The first kappa shape index (κ1) is 14.5. The fourth-order valence-electron chi connectivity index (χ4n) is 2.99. The first-order valence-electron chi connectivity index (χ1n) is 7.37. The van der Waals surface area contributed by atoms with Crippen molar-refractivity contribution in [2.75, 3.05) is 6.54 Å². The Morgan fingerprint density at radius 1 is 1.37 bits per heavy atom. The zero-order valence-electron chi connectivity index (χ0n) is 12.9. The van der Waals surface area contributed by atoms with E-state index in [2.05, 4.69) is 50.8 Å². The summed E-state index contributed by atoms with van der Waals surface area (Å²) >= 11 is 0. The van der Waals surface area contributed by atoms with Crippen molar-refractivity contribution in [2.45, 2.75) is 71.1 Å². The first-order chi connectivity index (χ1) is 8.80. The lowest BCUT2D eigenvalue weighted by molar-refractivity contribution is 0.0384. The van der Waals surface area contributed by atoms with Crippen molar-refractivity contribution in [1.29, 1.82) is 0 Å². The maximum atomic E-state index is 6.40. The van der Waals surface area contributed by atoms with Crippen molar-refractivity contribution in [3.63, 3.8) is 0 Å². The van der Waals surface area contributed by atoms with E-state index in [-0.39, 0.29) is 11.6 Å². The van der Waals surface area contributed by atoms with Crippen LogP contribution in [0.25, 0.3) is 0 Å². The van der Waals surface area contributed by atoms with Gasteiger partial charge < -0.3 is 5.73 Å². The van der Waals surface area contributed by atoms with Gasteiger partial charge in [-0.05, 0) is 54.0 Å². The van der Waals surface area contributed by atoms with Crippen LogP contribution in [0.2, 0.25) is 0 Å². The normalized spacial score (nSPS) is 26.1. The maximum Gasteiger partial charge on any atom is 0.0538 e. The number of nitrogens with two attached hydrogens (primary N) is 1. The van der Waals surface area contributed by atoms with Crippen molar-refractivity contribution in [3.8, 4) is 0 Å². The van der Waals surface area contributed by atoms with Gasteiger partial charge in [0, 0.05) is 29.4 Å². The highest BCUT2D eigenvalue weighted by Crippen LogP contribution is 2.35. The van der Waals surface area contributed by atoms with Crippen LogP contribution in [0.5, 0.6) is 0 Å². The van der Waals surface area contributed by atoms with Crippen LogP contribution in [0.4, 0.5) is 0 Å². The van der Waals surface area contributed by atoms with Crippen LogP contribution >= 0.6 is 0 Å². The van der Waals surface area contributed by atoms with Crippen LogP contribution in [0.1, 0.15) is 65.1 Å². The number of piperidine rings is 1. The number of aromatic nitrogens is 2. The number of likely N-dealkylation sites (tertiary alicyclic amines) is 1. The second-order valence-electron chi connectivity index (χ2n) is 6.96. The molecule has 2 unspecified atom stereocenters. The van der Waals surface area contributed by atoms with Gasteiger partial charge in [0.25, 0.3) is 0 Å². The molecule has 1 aliphatic rings. The van der Waals surface area contributed by atoms with Crippen LogP contribution in [0, 0.1) is 0 Å². The second kappa shape index (κ2) is 5.25. The molecule has 1 aliphatic heterocycles. The monoisotopic (exact) mass is 264 g/mol. The average molecular weight is 264 g/mol. The van der Waals surface area contributed by atoms with Gasteiger partial charge in [0.15, 0.2) is 0 Å². The minimum absolute atomic E-state index is 0.142. The Morgan fingerprint density at radius 2 is 2.05 bits per heavy atom. The van der Waals surface area contributed by atoms with Gasteiger partial charge in [0.05, 0.1) is 12.2 Å². The van der Waals surface area contributed by atoms with Gasteiger partial charge in [-0.25, -0.2) is 0 Å². The molecule has 0 aliphatic carbocycles. The van der Waals surface area contributed by atoms with E-state index in [1.54, 1.807) is 0 Å². The van der Waals surface area contributed by atoms with E-state index in [0.29, 0.717) is 12.1 Å². The highest BCUT2D eigenvalue weighted by molar-refractivity contribution is 5.16. The van der Waals surface area contributed by atoms with Gasteiger partial charge in [-0.3, -0.25) is 9.58 Å². The molecular weight excluding hydrogens is 236 g/mol. The van der Waals surface area contributed by atoms with Crippen LogP contribution in [-0.2, 0) is 0 Å². The summed E-state index contributed by atoms with van der Waals surface area (Å²) < 4.78 is 2.03. The molecule has 0 bridgehead atoms. The van der Waals surface area contributed by atoms with Crippen LogP contribution in [0.15, 0.2) is 12.4 Å². The zero-order chi connectivity index (χ0) is 14.2. The summed E-state index contributed by atoms with van der Waals surface area (Å²) in [7, 11) is 0. The Morgan fingerprint density at radius 3 is 2.58 bits per heavy atom. The topological polar surface area (TPSA) is 47.1 Å². The van der Waals surface area contributed by atoms with Gasteiger partial charge >= 0.3 is 0 Å². The SMILES string of the molecule is CC(C)n1cc(C2C(N)CCCN2C(C)(C)C)cn1. The average Bonchev–Trinajstić information content (AvgIpc) is 2.76. The lowest BCUT2D eigenvalue weighted by Crippen LogP contribution is -2.53. The largest absolute Gasteiger partial charge is 0.326 e. The fourth-order valence-corrected chi connectivity index (χ4v) is 2.99. The van der Waals surface area contributed by atoms with E-state index in [0.717, 1.165) is 13.0 Å². The number of hydrogen-bond acceptors (Lipinski definition) is 3. The Bertz CT molecular complexity index is 416. The molecule has 2 rings (SSSR count). The molecule has 4 heteroatoms. The fraction of sp³-hybridized carbons (Fsp3) is 0.800. The summed E-state index contributed by atoms with van der Waals surface area (Å²) in [6, 6.07) is 0.899. The Labute approximate surface area is 117 Å². The molecule has 1 fully saturated rings. The highest BCUT2D eigenvalue weighted by atomic mass is 15.3. The molecule has 2 atom stereocenters. The van der Waals surface area contributed by atoms with E-state index in [9.17, 15) is 0 Å². The van der Waals surface area contributed by atoms with E-state index in [4.69, 9.17) is 5.73 Å². The van der Waals surface area contributed by atoms with Gasteiger partial charge in [0.2, 0.25) is 0 Å². The predicted octanol–water partition coefficient (Wildman–Crippen LogP) is 2.73. The van der Waals surface area contributed by atoms with E-state index in [1.807, 2.05) is 10.9 Å². The summed E-state index contributed by atoms with van der Waals surface area (Å²) in [5.41, 5.74) is 7.81. The molecule has 0 spiro atoms. The molecule has 1 aromatic rings. The van der Waals surface area contributed by atoms with E-state index >= 15 is 0 Å². The highest BCUT2D eigenvalue weighted by Gasteiger charge is 2.37. The lowest BCUT2D eigenvalue weighted by Gasteiger charge is -2.47. The number of hydrogen-bond donors (Lipinski definition) is 1. The number of rotatable bonds is 2. The first-order valence-corrected chi connectivity index (χ1v) is 7.37. The van der Waals surface area contributed by atoms with Gasteiger partial charge in [-0.15, -0.1) is 0 Å². The summed E-state index contributed by atoms with van der Waals surface area (Å²) in [6.07, 6.45) is 6.45. The molecule has 108 valence electrons. The van der Waals surface area contributed by atoms with Gasteiger partial charge in [0.1, 0.15) is 0 Å². The molecule has 1 saturated heterocycles. The third-order valence-corrected chi connectivity index (χ3v) is 4.03. The Hall–Kier alpha value is -0.870. The third-order valence-electron chi connectivity index (χ3n) is 4.03. The second-order valence-corrected chi connectivity index (χ2v) is 6.96. The molecule has 0 radical (unpaired) electrons. The maximum absolute atomic E-state index is 6.40. The van der Waals surface area contributed by atoms with Crippen molar-refractivity contribution in [1.82, 2.24) is 14.7 Å². The van der Waals surface area contributed by atoms with Crippen LogP contribution in [0.3, 0.4) is 0 Å². The van der Waals surface area contributed by atoms with Crippen LogP contribution in [-0.4, -0.2) is 32.8 Å². The molecule has 2 N–H and O–H groups in total. The van der Waals surface area contributed by atoms with Crippen molar-refractivity contribution >= 4 is 0 Å². The van der Waals surface area contributed by atoms with E-state index < -0.39 is 0 Å². The smallest absolute Gasteiger partial charge is 0.0538 e. The number of nitrogens with zero attached hydrogens (tertiary/aromatic N) is 3. The van der Waals surface area contributed by atoms with Crippen molar-refractivity contribution in [2.24, 2.45) is 5.73 Å². The van der Waals surface area contributed by atoms with Gasteiger partial charge in [-0.2, -0.15) is 5.10 Å². The summed E-state index contributed by atoms with van der Waals surface area (Å²) in [5.74, 6) is 0. The Balaban J connectivity index is 2.31. The molecule has 2 heterocycles. The lowest BCUT2D eigenvalue weighted by atomic mass is 9.88. The minimum atomic E-state index is 0.142. The molecule has 19 heavy (non-hydrogen) atoms. The quantitative estimate of drug-likeness (QED) is 0.893. The van der Waals surface area contributed by atoms with Crippen LogP contribution < -0.4 is 5.73 Å². The van der Waals surface area contributed by atoms with Crippen molar-refractivity contribution < 1.29 is 0 Å². The zero-order valence-corrected chi connectivity index (χ0v) is 12.9. The molecule has 0 aromatic carbocycles. The molecule has 1 aromatic heterocycles. The minimum Gasteiger partial charge on any atom is -0.326 e. The molecular formula is C15H28N4. The van der Waals surface area contributed by atoms with Gasteiger partial charge in [-0.1, -0.05) is 0 Å². The third kappa shape index (κ3) is 3.00. The molecule has 0 saturated carbocycles. The molecule has 0 amide bonds.